The second-order valence-electron chi connectivity index (χ2n) is 4.42. The lowest BCUT2D eigenvalue weighted by Gasteiger charge is -2.18. The van der Waals surface area contributed by atoms with Crippen molar-refractivity contribution < 1.29 is 4.74 Å². The van der Waals surface area contributed by atoms with Crippen LogP contribution in [0.3, 0.4) is 0 Å². The first kappa shape index (κ1) is 13.1. The van der Waals surface area contributed by atoms with Gasteiger partial charge in [0, 0.05) is 4.88 Å². The van der Waals surface area contributed by atoms with Crippen LogP contribution >= 0.6 is 11.3 Å². The summed E-state index contributed by atoms with van der Waals surface area (Å²) in [5.74, 6) is 0.946. The van der Waals surface area contributed by atoms with Crippen molar-refractivity contribution in [3.05, 3.63) is 51.2 Å². The van der Waals surface area contributed by atoms with Gasteiger partial charge in [0.05, 0.1) is 13.2 Å². The van der Waals surface area contributed by atoms with Crippen LogP contribution in [0.4, 0.5) is 0 Å². The summed E-state index contributed by atoms with van der Waals surface area (Å²) in [7, 11) is 3.72. The highest BCUT2D eigenvalue weighted by molar-refractivity contribution is 7.10. The Morgan fingerprint density at radius 3 is 2.50 bits per heavy atom. The third-order valence-electron chi connectivity index (χ3n) is 3.22. The number of ether oxygens (including phenoxy) is 1. The lowest BCUT2D eigenvalue weighted by Crippen LogP contribution is -2.17. The number of benzene rings is 1. The largest absolute Gasteiger partial charge is 0.496 e. The van der Waals surface area contributed by atoms with Crippen molar-refractivity contribution in [3.8, 4) is 5.75 Å². The summed E-state index contributed by atoms with van der Waals surface area (Å²) in [6, 6.07) is 8.80. The second-order valence-corrected chi connectivity index (χ2v) is 5.37. The summed E-state index contributed by atoms with van der Waals surface area (Å²) in [6.07, 6.45) is 0. The fourth-order valence-corrected chi connectivity index (χ4v) is 3.21. The maximum absolute atomic E-state index is 5.40. The van der Waals surface area contributed by atoms with Crippen molar-refractivity contribution in [1.82, 2.24) is 5.32 Å². The van der Waals surface area contributed by atoms with Gasteiger partial charge in [-0.2, -0.15) is 0 Å². The first-order chi connectivity index (χ1) is 8.67. The predicted molar refractivity (Wildman–Crippen MR) is 77.7 cm³/mol. The Morgan fingerprint density at radius 1 is 1.17 bits per heavy atom. The Hall–Kier alpha value is -1.32. The van der Waals surface area contributed by atoms with Gasteiger partial charge in [-0.3, -0.25) is 0 Å². The molecule has 0 amide bonds. The molecule has 0 aliphatic heterocycles. The van der Waals surface area contributed by atoms with Gasteiger partial charge >= 0.3 is 0 Å². The van der Waals surface area contributed by atoms with Crippen LogP contribution < -0.4 is 10.1 Å². The van der Waals surface area contributed by atoms with E-state index in [2.05, 4.69) is 48.8 Å². The molecule has 0 saturated heterocycles. The average Bonchev–Trinajstić information content (AvgIpc) is 2.79. The molecule has 1 aromatic carbocycles. The highest BCUT2D eigenvalue weighted by Crippen LogP contribution is 2.31. The van der Waals surface area contributed by atoms with Crippen LogP contribution in [-0.4, -0.2) is 14.2 Å². The minimum absolute atomic E-state index is 0.236. The first-order valence-electron chi connectivity index (χ1n) is 6.03. The van der Waals surface area contributed by atoms with E-state index in [0.29, 0.717) is 0 Å². The van der Waals surface area contributed by atoms with E-state index in [9.17, 15) is 0 Å². The standard InChI is InChI=1S/C15H19NOS/c1-10-5-6-12(9-13(10)17-4)14(16-3)15-11(2)7-8-18-15/h5-9,14,16H,1-4H3. The van der Waals surface area contributed by atoms with Crippen molar-refractivity contribution >= 4 is 11.3 Å². The average molecular weight is 261 g/mol. The van der Waals surface area contributed by atoms with Gasteiger partial charge in [0.1, 0.15) is 5.75 Å². The van der Waals surface area contributed by atoms with E-state index >= 15 is 0 Å². The lowest BCUT2D eigenvalue weighted by molar-refractivity contribution is 0.410. The number of rotatable bonds is 4. The Labute approximate surface area is 113 Å². The lowest BCUT2D eigenvalue weighted by atomic mass is 10.0. The molecule has 18 heavy (non-hydrogen) atoms. The van der Waals surface area contributed by atoms with E-state index in [1.807, 2.05) is 7.05 Å². The Morgan fingerprint density at radius 2 is 1.94 bits per heavy atom. The van der Waals surface area contributed by atoms with E-state index in [1.54, 1.807) is 18.4 Å². The van der Waals surface area contributed by atoms with Crippen LogP contribution in [0.25, 0.3) is 0 Å². The zero-order valence-electron chi connectivity index (χ0n) is 11.3. The summed E-state index contributed by atoms with van der Waals surface area (Å²) in [4.78, 5) is 1.36. The first-order valence-corrected chi connectivity index (χ1v) is 6.91. The molecule has 2 nitrogen and oxygen atoms in total. The van der Waals surface area contributed by atoms with Crippen LogP contribution in [0, 0.1) is 13.8 Å². The Kier molecular flexibility index (Phi) is 4.04. The number of aryl methyl sites for hydroxylation is 2. The zero-order valence-corrected chi connectivity index (χ0v) is 12.1. The molecule has 0 spiro atoms. The molecule has 0 bridgehead atoms. The maximum Gasteiger partial charge on any atom is 0.122 e. The molecule has 0 aliphatic carbocycles. The Balaban J connectivity index is 2.42. The van der Waals surface area contributed by atoms with Crippen LogP contribution in [0.2, 0.25) is 0 Å². The maximum atomic E-state index is 5.40. The van der Waals surface area contributed by atoms with Crippen molar-refractivity contribution in [2.24, 2.45) is 0 Å². The molecule has 2 rings (SSSR count). The van der Waals surface area contributed by atoms with Gasteiger partial charge < -0.3 is 10.1 Å². The van der Waals surface area contributed by atoms with E-state index in [1.165, 1.54) is 21.6 Å². The van der Waals surface area contributed by atoms with Gasteiger partial charge in [-0.25, -0.2) is 0 Å². The predicted octanol–water partition coefficient (Wildman–Crippen LogP) is 3.68. The second kappa shape index (κ2) is 5.55. The summed E-state index contributed by atoms with van der Waals surface area (Å²) in [5, 5.41) is 5.53. The van der Waals surface area contributed by atoms with Gasteiger partial charge in [-0.15, -0.1) is 11.3 Å². The van der Waals surface area contributed by atoms with Crippen LogP contribution in [0.5, 0.6) is 5.75 Å². The molecule has 1 N–H and O–H groups in total. The topological polar surface area (TPSA) is 21.3 Å². The van der Waals surface area contributed by atoms with Crippen molar-refractivity contribution in [1.29, 1.82) is 0 Å². The van der Waals surface area contributed by atoms with Crippen LogP contribution in [-0.2, 0) is 0 Å². The van der Waals surface area contributed by atoms with Gasteiger partial charge in [0.2, 0.25) is 0 Å². The normalized spacial score (nSPS) is 12.4. The van der Waals surface area contributed by atoms with E-state index in [-0.39, 0.29) is 6.04 Å². The molecule has 2 aromatic rings. The van der Waals surface area contributed by atoms with Crippen molar-refractivity contribution in [2.75, 3.05) is 14.2 Å². The van der Waals surface area contributed by atoms with Gasteiger partial charge in [-0.05, 0) is 55.1 Å². The SMILES string of the molecule is CNC(c1ccc(C)c(OC)c1)c1sccc1C. The molecular weight excluding hydrogens is 242 g/mol. The van der Waals surface area contributed by atoms with Crippen molar-refractivity contribution in [2.45, 2.75) is 19.9 Å². The van der Waals surface area contributed by atoms with E-state index in [4.69, 9.17) is 4.74 Å². The number of nitrogens with one attached hydrogen (secondary N) is 1. The minimum atomic E-state index is 0.236. The van der Waals surface area contributed by atoms with Gasteiger partial charge in [0.15, 0.2) is 0 Å². The molecule has 0 aliphatic rings. The van der Waals surface area contributed by atoms with Crippen LogP contribution in [0.1, 0.15) is 27.6 Å². The summed E-state index contributed by atoms with van der Waals surface area (Å²) in [6.45, 7) is 4.22. The smallest absolute Gasteiger partial charge is 0.122 e. The fraction of sp³-hybridized carbons (Fsp3) is 0.333. The molecule has 1 unspecified atom stereocenters. The Bertz CT molecular complexity index is 533. The van der Waals surface area contributed by atoms with Crippen LogP contribution in [0.15, 0.2) is 29.6 Å². The van der Waals surface area contributed by atoms with E-state index in [0.717, 1.165) is 5.75 Å². The number of hydrogen-bond donors (Lipinski definition) is 1. The number of methoxy groups -OCH3 is 1. The molecule has 1 atom stereocenters. The van der Waals surface area contributed by atoms with Gasteiger partial charge in [0.25, 0.3) is 0 Å². The summed E-state index contributed by atoms with van der Waals surface area (Å²) >= 11 is 1.79. The molecule has 96 valence electrons. The van der Waals surface area contributed by atoms with E-state index < -0.39 is 0 Å². The third-order valence-corrected chi connectivity index (χ3v) is 4.30. The van der Waals surface area contributed by atoms with Crippen molar-refractivity contribution in [3.63, 3.8) is 0 Å². The molecule has 1 heterocycles. The highest BCUT2D eigenvalue weighted by atomic mass is 32.1. The molecule has 1 aromatic heterocycles. The molecule has 0 saturated carbocycles. The summed E-state index contributed by atoms with van der Waals surface area (Å²) < 4.78 is 5.40. The number of hydrogen-bond acceptors (Lipinski definition) is 3. The molecule has 3 heteroatoms. The highest BCUT2D eigenvalue weighted by Gasteiger charge is 2.16. The number of thiophene rings is 1. The minimum Gasteiger partial charge on any atom is -0.496 e. The summed E-state index contributed by atoms with van der Waals surface area (Å²) in [5.41, 5.74) is 3.74. The zero-order chi connectivity index (χ0) is 13.1. The fourth-order valence-electron chi connectivity index (χ4n) is 2.15. The monoisotopic (exact) mass is 261 g/mol. The molecule has 0 fully saturated rings. The molecule has 0 radical (unpaired) electrons. The molecular formula is C15H19NOS. The third kappa shape index (κ3) is 2.42. The van der Waals surface area contributed by atoms with Gasteiger partial charge in [-0.1, -0.05) is 12.1 Å². The quantitative estimate of drug-likeness (QED) is 0.906.